The first-order valence-corrected chi connectivity index (χ1v) is 17.7. The molecule has 2 aliphatic rings. The normalized spacial score (nSPS) is 15.6. The quantitative estimate of drug-likeness (QED) is 0.173. The highest BCUT2D eigenvalue weighted by Gasteiger charge is 2.21. The molecule has 1 unspecified atom stereocenters. The standard InChI is InChI=1S/C47H33N3O/c1-3-13-30(14-4-1)45-48-46(31-15-5-2-6-16-31)50-47(49-45)39-23-12-24-43-44(39)41-28-33(25-26-42(41)51-43)32-18-11-19-34(27-32)40-29-35-17-7-8-20-36(35)37-21-9-10-22-38(37)40/h1-11,13-17,19-22,24-29,32H,12,18,23H2. The molecular weight excluding hydrogens is 623 g/mol. The summed E-state index contributed by atoms with van der Waals surface area (Å²) in [5, 5.41) is 7.33. The van der Waals surface area contributed by atoms with Crippen LogP contribution in [0.25, 0.3) is 72.5 Å². The van der Waals surface area contributed by atoms with Crippen LogP contribution in [0.3, 0.4) is 0 Å². The van der Waals surface area contributed by atoms with Crippen LogP contribution in [0.15, 0.2) is 156 Å². The Morgan fingerprint density at radius 2 is 1.25 bits per heavy atom. The number of nitrogens with zero attached hydrogens (tertiary/aromatic N) is 3. The average molecular weight is 656 g/mol. The molecule has 242 valence electrons. The van der Waals surface area contributed by atoms with E-state index in [1.807, 2.05) is 36.4 Å². The predicted octanol–water partition coefficient (Wildman–Crippen LogP) is 10.2. The Morgan fingerprint density at radius 3 is 2.02 bits per heavy atom. The molecule has 1 atom stereocenters. The van der Waals surface area contributed by atoms with Crippen LogP contribution < -0.4 is 10.6 Å². The maximum absolute atomic E-state index is 6.52. The number of rotatable bonds is 5. The summed E-state index contributed by atoms with van der Waals surface area (Å²) in [6.45, 7) is 0. The van der Waals surface area contributed by atoms with Gasteiger partial charge in [-0.3, -0.25) is 0 Å². The maximum atomic E-state index is 6.52. The molecule has 0 amide bonds. The second-order valence-electron chi connectivity index (χ2n) is 13.4. The summed E-state index contributed by atoms with van der Waals surface area (Å²) in [5.41, 5.74) is 8.62. The number of allylic oxidation sites excluding steroid dienone is 4. The van der Waals surface area contributed by atoms with Crippen LogP contribution in [-0.2, 0) is 0 Å². The third kappa shape index (κ3) is 5.19. The van der Waals surface area contributed by atoms with Crippen LogP contribution in [0.1, 0.15) is 42.1 Å². The maximum Gasteiger partial charge on any atom is 0.164 e. The molecule has 2 aromatic heterocycles. The van der Waals surface area contributed by atoms with Gasteiger partial charge in [-0.2, -0.15) is 0 Å². The molecule has 0 spiro atoms. The summed E-state index contributed by atoms with van der Waals surface area (Å²) in [5.74, 6) is 2.28. The van der Waals surface area contributed by atoms with E-state index in [9.17, 15) is 0 Å². The van der Waals surface area contributed by atoms with Crippen molar-refractivity contribution in [3.63, 3.8) is 0 Å². The lowest BCUT2D eigenvalue weighted by Gasteiger charge is -2.19. The number of fused-ring (bicyclic) bond motifs is 6. The fourth-order valence-corrected chi connectivity index (χ4v) is 7.85. The molecule has 0 N–H and O–H groups in total. The van der Waals surface area contributed by atoms with E-state index in [2.05, 4.69) is 121 Å². The predicted molar refractivity (Wildman–Crippen MR) is 208 cm³/mol. The van der Waals surface area contributed by atoms with E-state index >= 15 is 0 Å². The highest BCUT2D eigenvalue weighted by molar-refractivity contribution is 6.12. The van der Waals surface area contributed by atoms with Gasteiger partial charge >= 0.3 is 0 Å². The van der Waals surface area contributed by atoms with E-state index in [0.717, 1.165) is 57.6 Å². The molecule has 2 heterocycles. The molecule has 0 saturated carbocycles. The highest BCUT2D eigenvalue weighted by Crippen LogP contribution is 2.38. The van der Waals surface area contributed by atoms with Crippen LogP contribution >= 0.6 is 0 Å². The second kappa shape index (κ2) is 12.2. The van der Waals surface area contributed by atoms with Crippen molar-refractivity contribution in [3.8, 4) is 22.8 Å². The number of benzene rings is 6. The van der Waals surface area contributed by atoms with Gasteiger partial charge in [-0.15, -0.1) is 0 Å². The van der Waals surface area contributed by atoms with Crippen molar-refractivity contribution in [2.24, 2.45) is 0 Å². The first kappa shape index (κ1) is 29.5. The van der Waals surface area contributed by atoms with Gasteiger partial charge in [0.05, 0.1) is 0 Å². The van der Waals surface area contributed by atoms with Gasteiger partial charge in [0.1, 0.15) is 11.0 Å². The van der Waals surface area contributed by atoms with Crippen LogP contribution in [0.5, 0.6) is 0 Å². The number of hydrogen-bond acceptors (Lipinski definition) is 4. The lowest BCUT2D eigenvalue weighted by atomic mass is 9.85. The zero-order valence-corrected chi connectivity index (χ0v) is 28.0. The zero-order valence-electron chi connectivity index (χ0n) is 28.0. The smallest absolute Gasteiger partial charge is 0.164 e. The highest BCUT2D eigenvalue weighted by atomic mass is 16.3. The van der Waals surface area contributed by atoms with Gasteiger partial charge in [-0.25, -0.2) is 15.0 Å². The molecule has 51 heavy (non-hydrogen) atoms. The van der Waals surface area contributed by atoms with Crippen molar-refractivity contribution < 1.29 is 4.42 Å². The van der Waals surface area contributed by atoms with Crippen LogP contribution in [0.4, 0.5) is 0 Å². The molecule has 10 rings (SSSR count). The molecule has 0 saturated heterocycles. The lowest BCUT2D eigenvalue weighted by molar-refractivity contribution is 0.571. The number of aromatic nitrogens is 3. The van der Waals surface area contributed by atoms with Crippen LogP contribution in [0.2, 0.25) is 0 Å². The lowest BCUT2D eigenvalue weighted by Crippen LogP contribution is -2.27. The van der Waals surface area contributed by atoms with Gasteiger partial charge in [-0.05, 0) is 81.8 Å². The van der Waals surface area contributed by atoms with Crippen molar-refractivity contribution in [2.75, 3.05) is 0 Å². The fourth-order valence-electron chi connectivity index (χ4n) is 7.85. The van der Waals surface area contributed by atoms with Crippen LogP contribution in [-0.4, -0.2) is 15.0 Å². The van der Waals surface area contributed by atoms with E-state index in [0.29, 0.717) is 17.5 Å². The van der Waals surface area contributed by atoms with Gasteiger partial charge in [0.15, 0.2) is 17.5 Å². The summed E-state index contributed by atoms with van der Waals surface area (Å²) < 4.78 is 6.52. The summed E-state index contributed by atoms with van der Waals surface area (Å²) >= 11 is 0. The SMILES string of the molecule is C1=CC(c2cc3ccccc3c3ccccc23)=CC(c2ccc3oc4c(c3c2)=C(c2nc(-c3ccccc3)nc(-c3ccccc3)n2)CCC=4)C1. The minimum atomic E-state index is 0.229. The van der Waals surface area contributed by atoms with Gasteiger partial charge in [0.25, 0.3) is 0 Å². The van der Waals surface area contributed by atoms with Gasteiger partial charge in [0, 0.05) is 33.2 Å². The van der Waals surface area contributed by atoms with Gasteiger partial charge in [-0.1, -0.05) is 133 Å². The Labute approximate surface area is 295 Å². The molecule has 0 fully saturated rings. The summed E-state index contributed by atoms with van der Waals surface area (Å²) in [6.07, 6.45) is 11.9. The molecule has 6 aromatic carbocycles. The molecule has 4 heteroatoms. The van der Waals surface area contributed by atoms with E-state index < -0.39 is 0 Å². The summed E-state index contributed by atoms with van der Waals surface area (Å²) in [7, 11) is 0. The van der Waals surface area contributed by atoms with E-state index in [1.54, 1.807) is 0 Å². The van der Waals surface area contributed by atoms with Crippen LogP contribution in [0, 0.1) is 0 Å². The van der Waals surface area contributed by atoms with Crippen molar-refractivity contribution in [2.45, 2.75) is 25.2 Å². The number of hydrogen-bond donors (Lipinski definition) is 0. The monoisotopic (exact) mass is 655 g/mol. The van der Waals surface area contributed by atoms with Crippen molar-refractivity contribution in [3.05, 3.63) is 179 Å². The van der Waals surface area contributed by atoms with E-state index in [4.69, 9.17) is 19.4 Å². The minimum Gasteiger partial charge on any atom is -0.456 e. The third-order valence-corrected chi connectivity index (χ3v) is 10.3. The number of furan rings is 1. The summed E-state index contributed by atoms with van der Waals surface area (Å²) in [4.78, 5) is 15.2. The third-order valence-electron chi connectivity index (χ3n) is 10.3. The topological polar surface area (TPSA) is 51.8 Å². The molecular formula is C47H33N3O. The Balaban J connectivity index is 1.13. The van der Waals surface area contributed by atoms with Crippen molar-refractivity contribution in [1.29, 1.82) is 0 Å². The molecule has 0 aliphatic heterocycles. The molecule has 0 bridgehead atoms. The van der Waals surface area contributed by atoms with E-state index in [1.165, 1.54) is 38.2 Å². The molecule has 0 radical (unpaired) electrons. The Kier molecular flexibility index (Phi) is 7.05. The Bertz CT molecular complexity index is 2770. The largest absolute Gasteiger partial charge is 0.456 e. The van der Waals surface area contributed by atoms with Crippen molar-refractivity contribution >= 4 is 49.7 Å². The minimum absolute atomic E-state index is 0.229. The van der Waals surface area contributed by atoms with E-state index in [-0.39, 0.29) is 5.92 Å². The molecule has 4 nitrogen and oxygen atoms in total. The fraction of sp³-hybridized carbons (Fsp3) is 0.0851. The van der Waals surface area contributed by atoms with Crippen molar-refractivity contribution in [1.82, 2.24) is 15.0 Å². The zero-order chi connectivity index (χ0) is 33.7. The van der Waals surface area contributed by atoms with Gasteiger partial charge in [0.2, 0.25) is 0 Å². The Hall–Kier alpha value is -6.39. The average Bonchev–Trinajstić information content (AvgIpc) is 3.59. The first-order valence-electron chi connectivity index (χ1n) is 17.7. The van der Waals surface area contributed by atoms with Gasteiger partial charge < -0.3 is 4.42 Å². The summed E-state index contributed by atoms with van der Waals surface area (Å²) in [6, 6.07) is 46.9. The Morgan fingerprint density at radius 1 is 0.588 bits per heavy atom. The second-order valence-corrected chi connectivity index (χ2v) is 13.4. The molecule has 8 aromatic rings. The first-order chi connectivity index (χ1) is 25.3. The molecule has 2 aliphatic carbocycles.